The van der Waals surface area contributed by atoms with Gasteiger partial charge in [-0.3, -0.25) is 0 Å². The summed E-state index contributed by atoms with van der Waals surface area (Å²) in [7, 11) is -3.52. The standard InChI is InChI=1S/C15H17N3O3S/c1-15(17-18-16)8-7-13-14(15)11(9-21-13)10-22(19,20)12-5-3-2-4-6-12/h2-6,10,13-14H,7-9H2,1H3/b11-10+/t13-,14-,15-/m0/s1. The lowest BCUT2D eigenvalue weighted by molar-refractivity contribution is 0.0993. The second-order valence-electron chi connectivity index (χ2n) is 5.96. The number of azide groups is 1. The largest absolute Gasteiger partial charge is 0.373 e. The molecule has 1 aromatic rings. The van der Waals surface area contributed by atoms with E-state index in [4.69, 9.17) is 10.3 Å². The van der Waals surface area contributed by atoms with Gasteiger partial charge in [-0.2, -0.15) is 0 Å². The highest BCUT2D eigenvalue weighted by Crippen LogP contribution is 2.48. The smallest absolute Gasteiger partial charge is 0.199 e. The summed E-state index contributed by atoms with van der Waals surface area (Å²) in [6, 6.07) is 8.30. The molecule has 1 heterocycles. The maximum absolute atomic E-state index is 12.5. The highest BCUT2D eigenvalue weighted by molar-refractivity contribution is 7.94. The van der Waals surface area contributed by atoms with Crippen molar-refractivity contribution < 1.29 is 13.2 Å². The molecule has 1 saturated heterocycles. The molecule has 1 saturated carbocycles. The minimum Gasteiger partial charge on any atom is -0.373 e. The van der Waals surface area contributed by atoms with Gasteiger partial charge in [0.1, 0.15) is 0 Å². The molecule has 6 nitrogen and oxygen atoms in total. The summed E-state index contributed by atoms with van der Waals surface area (Å²) in [6.45, 7) is 2.15. The number of benzene rings is 1. The molecule has 0 radical (unpaired) electrons. The Morgan fingerprint density at radius 3 is 2.82 bits per heavy atom. The zero-order chi connectivity index (χ0) is 15.8. The fraction of sp³-hybridized carbons (Fsp3) is 0.467. The third kappa shape index (κ3) is 2.52. The van der Waals surface area contributed by atoms with Crippen molar-refractivity contribution in [3.8, 4) is 0 Å². The number of hydrogen-bond acceptors (Lipinski definition) is 4. The summed E-state index contributed by atoms with van der Waals surface area (Å²) in [5.41, 5.74) is 8.87. The number of hydrogen-bond donors (Lipinski definition) is 0. The van der Waals surface area contributed by atoms with E-state index in [-0.39, 0.29) is 23.5 Å². The molecule has 0 bridgehead atoms. The third-order valence-electron chi connectivity index (χ3n) is 4.49. The first kappa shape index (κ1) is 15.1. The normalized spacial score (nSPS) is 32.7. The third-order valence-corrected chi connectivity index (χ3v) is 6.03. The number of nitrogens with zero attached hydrogens (tertiary/aromatic N) is 3. The molecule has 0 amide bonds. The van der Waals surface area contributed by atoms with Crippen LogP contribution >= 0.6 is 0 Å². The van der Waals surface area contributed by atoms with Crippen LogP contribution in [-0.4, -0.2) is 26.7 Å². The van der Waals surface area contributed by atoms with E-state index in [9.17, 15) is 8.42 Å². The average molecular weight is 319 g/mol. The van der Waals surface area contributed by atoms with Gasteiger partial charge >= 0.3 is 0 Å². The zero-order valence-corrected chi connectivity index (χ0v) is 13.0. The highest BCUT2D eigenvalue weighted by atomic mass is 32.2. The molecule has 22 heavy (non-hydrogen) atoms. The summed E-state index contributed by atoms with van der Waals surface area (Å²) in [5, 5.41) is 5.21. The Kier molecular flexibility index (Phi) is 3.72. The van der Waals surface area contributed by atoms with Crippen molar-refractivity contribution in [2.75, 3.05) is 6.61 Å². The number of ether oxygens (including phenoxy) is 1. The second-order valence-corrected chi connectivity index (χ2v) is 7.76. The van der Waals surface area contributed by atoms with Gasteiger partial charge in [0.15, 0.2) is 9.84 Å². The van der Waals surface area contributed by atoms with Crippen LogP contribution in [-0.2, 0) is 14.6 Å². The van der Waals surface area contributed by atoms with E-state index in [1.165, 1.54) is 5.41 Å². The van der Waals surface area contributed by atoms with Gasteiger partial charge < -0.3 is 4.74 Å². The lowest BCUT2D eigenvalue weighted by atomic mass is 9.85. The molecule has 0 N–H and O–H groups in total. The molecule has 7 heteroatoms. The number of sulfone groups is 1. The Bertz CT molecular complexity index is 753. The molecule has 0 spiro atoms. The summed E-state index contributed by atoms with van der Waals surface area (Å²) in [5.74, 6) is -0.165. The van der Waals surface area contributed by atoms with E-state index in [1.807, 2.05) is 6.92 Å². The van der Waals surface area contributed by atoms with Gasteiger partial charge in [0.2, 0.25) is 0 Å². The van der Waals surface area contributed by atoms with Crippen molar-refractivity contribution >= 4 is 9.84 Å². The molecule has 116 valence electrons. The van der Waals surface area contributed by atoms with Crippen molar-refractivity contribution in [3.63, 3.8) is 0 Å². The van der Waals surface area contributed by atoms with Crippen LogP contribution in [0.2, 0.25) is 0 Å². The molecule has 1 aliphatic carbocycles. The lowest BCUT2D eigenvalue weighted by Crippen LogP contribution is -2.30. The van der Waals surface area contributed by atoms with E-state index < -0.39 is 15.4 Å². The minimum absolute atomic E-state index is 0.0623. The van der Waals surface area contributed by atoms with Gasteiger partial charge in [0.05, 0.1) is 23.1 Å². The molecule has 3 atom stereocenters. The van der Waals surface area contributed by atoms with E-state index in [2.05, 4.69) is 10.0 Å². The van der Waals surface area contributed by atoms with Crippen LogP contribution in [0.15, 0.2) is 51.3 Å². The Morgan fingerprint density at radius 2 is 2.14 bits per heavy atom. The molecule has 3 rings (SSSR count). The molecule has 1 aliphatic heterocycles. The summed E-state index contributed by atoms with van der Waals surface area (Å²) in [4.78, 5) is 3.19. The summed E-state index contributed by atoms with van der Waals surface area (Å²) >= 11 is 0. The minimum atomic E-state index is -3.52. The lowest BCUT2D eigenvalue weighted by Gasteiger charge is -2.25. The Morgan fingerprint density at radius 1 is 1.41 bits per heavy atom. The number of rotatable bonds is 3. The van der Waals surface area contributed by atoms with E-state index in [1.54, 1.807) is 30.3 Å². The Labute approximate surface area is 129 Å². The molecule has 2 aliphatic rings. The predicted octanol–water partition coefficient (Wildman–Crippen LogP) is 3.22. The van der Waals surface area contributed by atoms with Crippen LogP contribution in [0.1, 0.15) is 19.8 Å². The quantitative estimate of drug-likeness (QED) is 0.486. The molecular weight excluding hydrogens is 302 g/mol. The molecule has 0 aromatic heterocycles. The van der Waals surface area contributed by atoms with Crippen molar-refractivity contribution in [1.29, 1.82) is 0 Å². The Balaban J connectivity index is 2.00. The fourth-order valence-corrected chi connectivity index (χ4v) is 4.75. The zero-order valence-electron chi connectivity index (χ0n) is 12.2. The van der Waals surface area contributed by atoms with Crippen LogP contribution in [0.4, 0.5) is 0 Å². The predicted molar refractivity (Wildman–Crippen MR) is 81.7 cm³/mol. The van der Waals surface area contributed by atoms with E-state index in [0.29, 0.717) is 12.0 Å². The second kappa shape index (κ2) is 5.43. The summed E-state index contributed by atoms with van der Waals surface area (Å²) in [6.07, 6.45) is 1.42. The van der Waals surface area contributed by atoms with Crippen molar-refractivity contribution in [2.24, 2.45) is 11.0 Å². The maximum atomic E-state index is 12.5. The van der Waals surface area contributed by atoms with Gasteiger partial charge in [0, 0.05) is 16.2 Å². The highest BCUT2D eigenvalue weighted by Gasteiger charge is 2.50. The topological polar surface area (TPSA) is 92.1 Å². The van der Waals surface area contributed by atoms with Crippen LogP contribution < -0.4 is 0 Å². The van der Waals surface area contributed by atoms with Gasteiger partial charge in [-0.15, -0.1) is 0 Å². The first-order valence-corrected chi connectivity index (χ1v) is 8.69. The van der Waals surface area contributed by atoms with Crippen LogP contribution in [0.3, 0.4) is 0 Å². The SMILES string of the molecule is C[C@]1(N=[N+]=[N-])CC[C@@H]2OC/C(=C\S(=O)(=O)c3ccccc3)[C@@H]21. The summed E-state index contributed by atoms with van der Waals surface area (Å²) < 4.78 is 30.7. The van der Waals surface area contributed by atoms with Gasteiger partial charge in [-0.05, 0) is 36.1 Å². The fourth-order valence-electron chi connectivity index (χ4n) is 3.47. The van der Waals surface area contributed by atoms with E-state index in [0.717, 1.165) is 6.42 Å². The monoisotopic (exact) mass is 319 g/mol. The molecule has 1 aromatic carbocycles. The number of fused-ring (bicyclic) bond motifs is 1. The average Bonchev–Trinajstić information content (AvgIpc) is 3.03. The van der Waals surface area contributed by atoms with Crippen LogP contribution in [0.25, 0.3) is 10.4 Å². The van der Waals surface area contributed by atoms with Crippen LogP contribution in [0.5, 0.6) is 0 Å². The van der Waals surface area contributed by atoms with Crippen LogP contribution in [0, 0.1) is 5.92 Å². The van der Waals surface area contributed by atoms with Crippen molar-refractivity contribution in [2.45, 2.75) is 36.3 Å². The van der Waals surface area contributed by atoms with Gasteiger partial charge in [0.25, 0.3) is 0 Å². The molecule has 2 fully saturated rings. The van der Waals surface area contributed by atoms with Crippen molar-refractivity contribution in [3.05, 3.63) is 51.8 Å². The van der Waals surface area contributed by atoms with Crippen molar-refractivity contribution in [1.82, 2.24) is 0 Å². The van der Waals surface area contributed by atoms with Gasteiger partial charge in [-0.25, -0.2) is 8.42 Å². The molecule has 0 unspecified atom stereocenters. The first-order chi connectivity index (χ1) is 10.5. The van der Waals surface area contributed by atoms with E-state index >= 15 is 0 Å². The first-order valence-electron chi connectivity index (χ1n) is 7.15. The Hall–Kier alpha value is -1.82. The van der Waals surface area contributed by atoms with Gasteiger partial charge in [-0.1, -0.05) is 30.2 Å². The molecular formula is C15H17N3O3S. The maximum Gasteiger partial charge on any atom is 0.199 e.